The van der Waals surface area contributed by atoms with Gasteiger partial charge in [0.15, 0.2) is 5.96 Å². The molecule has 0 spiro atoms. The van der Waals surface area contributed by atoms with Gasteiger partial charge >= 0.3 is 0 Å². The van der Waals surface area contributed by atoms with Gasteiger partial charge in [-0.05, 0) is 35.7 Å². The molecule has 1 aromatic rings. The van der Waals surface area contributed by atoms with Crippen molar-refractivity contribution in [2.24, 2.45) is 10.7 Å². The van der Waals surface area contributed by atoms with Crippen LogP contribution in [0.25, 0.3) is 0 Å². The zero-order valence-corrected chi connectivity index (χ0v) is 14.0. The number of aliphatic hydroxyl groups is 1. The number of hydrogen-bond acceptors (Lipinski definition) is 3. The topological polar surface area (TPSA) is 70.6 Å². The summed E-state index contributed by atoms with van der Waals surface area (Å²) in [4.78, 5) is 4.16. The summed E-state index contributed by atoms with van der Waals surface area (Å²) in [5.74, 6) is 0.397. The molecule has 0 aliphatic heterocycles. The second-order valence-electron chi connectivity index (χ2n) is 4.27. The quantitative estimate of drug-likeness (QED) is 0.306. The normalized spacial score (nSPS) is 14.7. The maximum atomic E-state index is 10.2. The van der Waals surface area contributed by atoms with Crippen molar-refractivity contribution in [3.05, 3.63) is 22.4 Å². The molecule has 1 rings (SSSR count). The zero-order valence-electron chi connectivity index (χ0n) is 10.8. The highest BCUT2D eigenvalue weighted by molar-refractivity contribution is 14.0. The highest BCUT2D eigenvalue weighted by Gasteiger charge is 2.22. The Bertz CT molecular complexity index is 352. The molecule has 1 atom stereocenters. The number of guanidine groups is 1. The second kappa shape index (κ2) is 8.71. The van der Waals surface area contributed by atoms with Crippen LogP contribution in [-0.2, 0) is 5.60 Å². The van der Waals surface area contributed by atoms with Crippen LogP contribution in [0.3, 0.4) is 0 Å². The maximum Gasteiger partial charge on any atom is 0.188 e. The number of hydrogen-bond donors (Lipinski definition) is 3. The molecule has 0 amide bonds. The molecule has 0 aliphatic carbocycles. The Morgan fingerprint density at radius 3 is 2.89 bits per heavy atom. The minimum Gasteiger partial charge on any atom is -0.383 e. The Morgan fingerprint density at radius 1 is 1.61 bits per heavy atom. The molecule has 4 N–H and O–H groups in total. The molecular formula is C12H22IN3OS. The van der Waals surface area contributed by atoms with Gasteiger partial charge < -0.3 is 16.2 Å². The lowest BCUT2D eigenvalue weighted by Gasteiger charge is -2.20. The third-order valence-corrected chi connectivity index (χ3v) is 3.22. The second-order valence-corrected chi connectivity index (χ2v) is 5.05. The fraction of sp³-hybridized carbons (Fsp3) is 0.583. The van der Waals surface area contributed by atoms with Crippen molar-refractivity contribution in [2.75, 3.05) is 13.1 Å². The van der Waals surface area contributed by atoms with Crippen molar-refractivity contribution >= 4 is 41.3 Å². The fourth-order valence-electron chi connectivity index (χ4n) is 1.35. The van der Waals surface area contributed by atoms with Crippen LogP contribution in [0, 0.1) is 0 Å². The Labute approximate surface area is 130 Å². The molecule has 0 fully saturated rings. The van der Waals surface area contributed by atoms with Gasteiger partial charge in [-0.2, -0.15) is 11.3 Å². The average Bonchev–Trinajstić information content (AvgIpc) is 2.81. The predicted octanol–water partition coefficient (Wildman–Crippen LogP) is 2.28. The number of nitrogens with one attached hydrogen (secondary N) is 1. The molecule has 0 bridgehead atoms. The van der Waals surface area contributed by atoms with Crippen LogP contribution in [0.4, 0.5) is 0 Å². The average molecular weight is 383 g/mol. The first kappa shape index (κ1) is 17.7. The molecule has 1 aromatic heterocycles. The minimum atomic E-state index is -0.947. The van der Waals surface area contributed by atoms with Crippen molar-refractivity contribution in [2.45, 2.75) is 32.3 Å². The van der Waals surface area contributed by atoms with Crippen molar-refractivity contribution in [1.82, 2.24) is 5.32 Å². The van der Waals surface area contributed by atoms with Crippen LogP contribution < -0.4 is 11.1 Å². The van der Waals surface area contributed by atoms with Crippen LogP contribution in [0.2, 0.25) is 0 Å². The van der Waals surface area contributed by atoms with Gasteiger partial charge in [0.25, 0.3) is 0 Å². The van der Waals surface area contributed by atoms with Crippen LogP contribution >= 0.6 is 35.3 Å². The summed E-state index contributed by atoms with van der Waals surface area (Å²) in [5.41, 5.74) is 5.64. The van der Waals surface area contributed by atoms with E-state index >= 15 is 0 Å². The van der Waals surface area contributed by atoms with E-state index in [1.165, 1.54) is 0 Å². The van der Waals surface area contributed by atoms with E-state index in [-0.39, 0.29) is 30.5 Å². The summed E-state index contributed by atoms with van der Waals surface area (Å²) >= 11 is 1.56. The summed E-state index contributed by atoms with van der Waals surface area (Å²) in [5, 5.41) is 17.1. The Kier molecular flexibility index (Phi) is 8.54. The van der Waals surface area contributed by atoms with Gasteiger partial charge in [-0.3, -0.25) is 4.99 Å². The lowest BCUT2D eigenvalue weighted by Crippen LogP contribution is -2.34. The first-order chi connectivity index (χ1) is 8.06. The largest absolute Gasteiger partial charge is 0.383 e. The molecule has 104 valence electrons. The standard InChI is InChI=1S/C12H21N3OS.HI/c1-3-4-6-14-11(13)15-9-12(2,16)10-5-7-17-8-10;/h5,7-8,16H,3-4,6,9H2,1-2H3,(H3,13,14,15);1H. The first-order valence-corrected chi connectivity index (χ1v) is 6.79. The molecular weight excluding hydrogens is 361 g/mol. The van der Waals surface area contributed by atoms with E-state index in [0.717, 1.165) is 24.9 Å². The highest BCUT2D eigenvalue weighted by atomic mass is 127. The molecule has 4 nitrogen and oxygen atoms in total. The summed E-state index contributed by atoms with van der Waals surface area (Å²) in [7, 11) is 0. The molecule has 6 heteroatoms. The third-order valence-electron chi connectivity index (χ3n) is 2.54. The predicted molar refractivity (Wildman–Crippen MR) is 88.7 cm³/mol. The van der Waals surface area contributed by atoms with Crippen molar-refractivity contribution in [3.63, 3.8) is 0 Å². The number of halogens is 1. The number of nitrogens with two attached hydrogens (primary N) is 1. The first-order valence-electron chi connectivity index (χ1n) is 5.85. The van der Waals surface area contributed by atoms with E-state index < -0.39 is 5.60 Å². The number of rotatable bonds is 6. The van der Waals surface area contributed by atoms with Gasteiger partial charge in [0, 0.05) is 6.54 Å². The lowest BCUT2D eigenvalue weighted by molar-refractivity contribution is 0.0678. The molecule has 1 unspecified atom stereocenters. The molecule has 18 heavy (non-hydrogen) atoms. The van der Waals surface area contributed by atoms with E-state index in [0.29, 0.717) is 5.96 Å². The molecule has 0 aliphatic rings. The van der Waals surface area contributed by atoms with Gasteiger partial charge in [-0.15, -0.1) is 24.0 Å². The fourth-order valence-corrected chi connectivity index (χ4v) is 2.13. The lowest BCUT2D eigenvalue weighted by atomic mass is 10.00. The SMILES string of the molecule is CCCCNC(N)=NCC(C)(O)c1ccsc1.I. The minimum absolute atomic E-state index is 0. The summed E-state index contributed by atoms with van der Waals surface area (Å²) in [6, 6.07) is 1.90. The van der Waals surface area contributed by atoms with Crippen LogP contribution in [0.15, 0.2) is 21.8 Å². The van der Waals surface area contributed by atoms with Crippen molar-refractivity contribution < 1.29 is 5.11 Å². The number of thiophene rings is 1. The summed E-state index contributed by atoms with van der Waals surface area (Å²) in [6.07, 6.45) is 2.18. The third kappa shape index (κ3) is 6.01. The van der Waals surface area contributed by atoms with Crippen molar-refractivity contribution in [1.29, 1.82) is 0 Å². The molecule has 0 aromatic carbocycles. The van der Waals surface area contributed by atoms with Crippen LogP contribution in [0.1, 0.15) is 32.3 Å². The van der Waals surface area contributed by atoms with Crippen LogP contribution in [0.5, 0.6) is 0 Å². The number of aliphatic imine (C=N–C) groups is 1. The smallest absolute Gasteiger partial charge is 0.188 e. The molecule has 1 heterocycles. The monoisotopic (exact) mass is 383 g/mol. The van der Waals surface area contributed by atoms with Gasteiger partial charge in [0.05, 0.1) is 6.54 Å². The maximum absolute atomic E-state index is 10.2. The molecule has 0 saturated heterocycles. The van der Waals surface area contributed by atoms with Gasteiger partial charge in [0.1, 0.15) is 5.60 Å². The zero-order chi connectivity index (χ0) is 12.7. The number of nitrogens with zero attached hydrogens (tertiary/aromatic N) is 1. The highest BCUT2D eigenvalue weighted by Crippen LogP contribution is 2.22. The van der Waals surface area contributed by atoms with E-state index in [9.17, 15) is 5.11 Å². The summed E-state index contributed by atoms with van der Waals surface area (Å²) < 4.78 is 0. The van der Waals surface area contributed by atoms with Gasteiger partial charge in [-0.1, -0.05) is 13.3 Å². The van der Waals surface area contributed by atoms with Gasteiger partial charge in [-0.25, -0.2) is 0 Å². The Balaban J connectivity index is 0.00000289. The Hall–Kier alpha value is -0.340. The van der Waals surface area contributed by atoms with Crippen LogP contribution in [-0.4, -0.2) is 24.2 Å². The van der Waals surface area contributed by atoms with E-state index in [4.69, 9.17) is 5.73 Å². The molecule has 0 radical (unpaired) electrons. The van der Waals surface area contributed by atoms with E-state index in [1.54, 1.807) is 18.3 Å². The van der Waals surface area contributed by atoms with E-state index in [1.807, 2.05) is 16.8 Å². The summed E-state index contributed by atoms with van der Waals surface area (Å²) in [6.45, 7) is 4.97. The molecule has 0 saturated carbocycles. The Morgan fingerprint density at radius 2 is 2.33 bits per heavy atom. The van der Waals surface area contributed by atoms with Crippen molar-refractivity contribution in [3.8, 4) is 0 Å². The number of unbranched alkanes of at least 4 members (excludes halogenated alkanes) is 1. The van der Waals surface area contributed by atoms with Gasteiger partial charge in [0.2, 0.25) is 0 Å². The van der Waals surface area contributed by atoms with E-state index in [2.05, 4.69) is 17.2 Å².